The highest BCUT2D eigenvalue weighted by Crippen LogP contribution is 2.11. The summed E-state index contributed by atoms with van der Waals surface area (Å²) < 4.78 is 2.40. The van der Waals surface area contributed by atoms with Gasteiger partial charge < -0.3 is 10.2 Å². The lowest BCUT2D eigenvalue weighted by Crippen LogP contribution is -2.24. The number of fused-ring (bicyclic) bond motifs is 1. The first kappa shape index (κ1) is 8.98. The van der Waals surface area contributed by atoms with Crippen molar-refractivity contribution in [3.8, 4) is 0 Å². The molecule has 0 bridgehead atoms. The maximum Gasteiger partial charge on any atom is 0.332 e. The number of imidazole rings is 1. The first-order valence-corrected chi connectivity index (χ1v) is 4.19. The van der Waals surface area contributed by atoms with Gasteiger partial charge in [-0.05, 0) is 12.1 Å². The van der Waals surface area contributed by atoms with Crippen LogP contribution in [0.2, 0.25) is 0 Å². The number of rotatable bonds is 2. The molecular weight excluding hydrogens is 184 g/mol. The predicted molar refractivity (Wildman–Crippen MR) is 50.6 cm³/mol. The number of benzene rings is 1. The van der Waals surface area contributed by atoms with Gasteiger partial charge in [-0.2, -0.15) is 0 Å². The third-order valence-electron chi connectivity index (χ3n) is 2.21. The van der Waals surface area contributed by atoms with E-state index in [0.717, 1.165) is 0 Å². The number of hydrogen-bond acceptors (Lipinski definition) is 3. The molecule has 1 heterocycles. The summed E-state index contributed by atoms with van der Waals surface area (Å²) in [7, 11) is 0. The molecule has 2 rings (SSSR count). The summed E-state index contributed by atoms with van der Waals surface area (Å²) in [4.78, 5) is 11.6. The van der Waals surface area contributed by atoms with Crippen LogP contribution >= 0.6 is 0 Å². The fourth-order valence-corrected chi connectivity index (χ4v) is 1.55. The van der Waals surface area contributed by atoms with Crippen molar-refractivity contribution in [1.29, 1.82) is 0 Å². The summed E-state index contributed by atoms with van der Waals surface area (Å²) in [5.74, 6) is 0. The van der Waals surface area contributed by atoms with Crippen LogP contribution in [0.4, 0.5) is 0 Å². The van der Waals surface area contributed by atoms with Crippen molar-refractivity contribution in [2.24, 2.45) is 0 Å². The molecule has 14 heavy (non-hydrogen) atoms. The molecule has 0 saturated heterocycles. The molecule has 2 N–H and O–H groups in total. The van der Waals surface area contributed by atoms with E-state index in [2.05, 4.69) is 0 Å². The molecule has 0 radical (unpaired) electrons. The Morgan fingerprint density at radius 2 is 1.43 bits per heavy atom. The molecule has 0 aliphatic heterocycles. The van der Waals surface area contributed by atoms with Gasteiger partial charge in [-0.25, -0.2) is 4.79 Å². The van der Waals surface area contributed by atoms with Crippen LogP contribution in [0.3, 0.4) is 0 Å². The Kier molecular flexibility index (Phi) is 2.11. The molecule has 1 aromatic carbocycles. The number of aliphatic hydroxyl groups excluding tert-OH is 2. The smallest absolute Gasteiger partial charge is 0.332 e. The predicted octanol–water partition coefficient (Wildman–Crippen LogP) is -0.297. The summed E-state index contributed by atoms with van der Waals surface area (Å²) in [6.45, 7) is -0.765. The average molecular weight is 194 g/mol. The Morgan fingerprint density at radius 1 is 1.00 bits per heavy atom. The molecule has 1 aromatic heterocycles. The molecule has 0 fully saturated rings. The molecule has 0 amide bonds. The molecular formula is C9H10N2O3. The number of para-hydroxylation sites is 2. The Morgan fingerprint density at radius 3 is 1.79 bits per heavy atom. The van der Waals surface area contributed by atoms with Crippen LogP contribution in [0.5, 0.6) is 0 Å². The van der Waals surface area contributed by atoms with Gasteiger partial charge in [0, 0.05) is 0 Å². The topological polar surface area (TPSA) is 67.4 Å². The van der Waals surface area contributed by atoms with E-state index in [0.29, 0.717) is 11.0 Å². The van der Waals surface area contributed by atoms with Gasteiger partial charge in [0.1, 0.15) is 13.5 Å². The van der Waals surface area contributed by atoms with Crippen LogP contribution in [0, 0.1) is 0 Å². The summed E-state index contributed by atoms with van der Waals surface area (Å²) in [5, 5.41) is 18.0. The molecule has 5 nitrogen and oxygen atoms in total. The van der Waals surface area contributed by atoms with Gasteiger partial charge in [0.25, 0.3) is 0 Å². The summed E-state index contributed by atoms with van der Waals surface area (Å²) in [6, 6.07) is 6.99. The van der Waals surface area contributed by atoms with E-state index >= 15 is 0 Å². The Hall–Kier alpha value is -1.59. The molecule has 0 aliphatic rings. The first-order chi connectivity index (χ1) is 6.79. The number of aromatic nitrogens is 2. The van der Waals surface area contributed by atoms with Crippen molar-refractivity contribution in [3.63, 3.8) is 0 Å². The van der Waals surface area contributed by atoms with E-state index < -0.39 is 5.69 Å². The molecule has 0 aliphatic carbocycles. The van der Waals surface area contributed by atoms with Crippen molar-refractivity contribution < 1.29 is 10.2 Å². The third kappa shape index (κ3) is 1.07. The fourth-order valence-electron chi connectivity index (χ4n) is 1.55. The zero-order chi connectivity index (χ0) is 10.1. The van der Waals surface area contributed by atoms with Crippen molar-refractivity contribution in [2.45, 2.75) is 13.5 Å². The third-order valence-corrected chi connectivity index (χ3v) is 2.21. The molecule has 0 saturated carbocycles. The van der Waals surface area contributed by atoms with Gasteiger partial charge in [0.2, 0.25) is 0 Å². The number of hydrogen-bond donors (Lipinski definition) is 2. The van der Waals surface area contributed by atoms with Gasteiger partial charge in [-0.15, -0.1) is 0 Å². The lowest BCUT2D eigenvalue weighted by molar-refractivity contribution is 0.191. The Labute approximate surface area is 79.4 Å². The van der Waals surface area contributed by atoms with E-state index in [1.807, 2.05) is 0 Å². The minimum Gasteiger partial charge on any atom is -0.376 e. The molecule has 5 heteroatoms. The largest absolute Gasteiger partial charge is 0.376 e. The van der Waals surface area contributed by atoms with Gasteiger partial charge in [0.05, 0.1) is 11.0 Å². The summed E-state index contributed by atoms with van der Waals surface area (Å²) in [5.41, 5.74) is 0.833. The molecule has 2 aromatic rings. The highest BCUT2D eigenvalue weighted by Gasteiger charge is 2.09. The first-order valence-electron chi connectivity index (χ1n) is 4.19. The second-order valence-corrected chi connectivity index (χ2v) is 2.91. The van der Waals surface area contributed by atoms with Crippen LogP contribution < -0.4 is 5.69 Å². The zero-order valence-electron chi connectivity index (χ0n) is 7.42. The van der Waals surface area contributed by atoms with E-state index in [1.54, 1.807) is 24.3 Å². The fraction of sp³-hybridized carbons (Fsp3) is 0.222. The number of aliphatic hydroxyl groups is 2. The minimum atomic E-state index is -0.406. The minimum absolute atomic E-state index is 0.383. The average Bonchev–Trinajstić information content (AvgIpc) is 2.49. The number of nitrogens with zero attached hydrogens (tertiary/aromatic N) is 2. The summed E-state index contributed by atoms with van der Waals surface area (Å²) >= 11 is 0. The second kappa shape index (κ2) is 3.28. The van der Waals surface area contributed by atoms with Crippen molar-refractivity contribution in [1.82, 2.24) is 9.13 Å². The quantitative estimate of drug-likeness (QED) is 0.689. The maximum absolute atomic E-state index is 11.6. The molecule has 0 unspecified atom stereocenters. The zero-order valence-corrected chi connectivity index (χ0v) is 7.42. The van der Waals surface area contributed by atoms with E-state index in [9.17, 15) is 4.79 Å². The Bertz CT molecular complexity index is 468. The van der Waals surface area contributed by atoms with E-state index in [4.69, 9.17) is 10.2 Å². The van der Waals surface area contributed by atoms with Crippen LogP contribution in [0.1, 0.15) is 0 Å². The molecule has 74 valence electrons. The van der Waals surface area contributed by atoms with Crippen molar-refractivity contribution >= 4 is 11.0 Å². The highest BCUT2D eigenvalue weighted by molar-refractivity contribution is 5.75. The van der Waals surface area contributed by atoms with Gasteiger partial charge in [-0.3, -0.25) is 9.13 Å². The van der Waals surface area contributed by atoms with Crippen LogP contribution in [-0.4, -0.2) is 19.3 Å². The van der Waals surface area contributed by atoms with Crippen molar-refractivity contribution in [2.75, 3.05) is 0 Å². The standard InChI is InChI=1S/C9H10N2O3/c12-5-10-7-3-1-2-4-8(7)11(6-13)9(10)14/h1-4,12-13H,5-6H2. The maximum atomic E-state index is 11.6. The molecule has 0 spiro atoms. The van der Waals surface area contributed by atoms with Gasteiger partial charge >= 0.3 is 5.69 Å². The lowest BCUT2D eigenvalue weighted by atomic mass is 10.3. The van der Waals surface area contributed by atoms with Crippen LogP contribution in [0.15, 0.2) is 29.1 Å². The highest BCUT2D eigenvalue weighted by atomic mass is 16.3. The van der Waals surface area contributed by atoms with Gasteiger partial charge in [0.15, 0.2) is 0 Å². The van der Waals surface area contributed by atoms with Gasteiger partial charge in [-0.1, -0.05) is 12.1 Å². The summed E-state index contributed by atoms with van der Waals surface area (Å²) in [6.07, 6.45) is 0. The second-order valence-electron chi connectivity index (χ2n) is 2.91. The van der Waals surface area contributed by atoms with E-state index in [-0.39, 0.29) is 13.5 Å². The van der Waals surface area contributed by atoms with Crippen LogP contribution in [-0.2, 0) is 13.5 Å². The molecule has 0 atom stereocenters. The van der Waals surface area contributed by atoms with Crippen LogP contribution in [0.25, 0.3) is 11.0 Å². The van der Waals surface area contributed by atoms with Crippen molar-refractivity contribution in [3.05, 3.63) is 34.7 Å². The van der Waals surface area contributed by atoms with E-state index in [1.165, 1.54) is 9.13 Å². The normalized spacial score (nSPS) is 11.0. The Balaban J connectivity index is 2.92. The lowest BCUT2D eigenvalue weighted by Gasteiger charge is -1.94. The monoisotopic (exact) mass is 194 g/mol. The SMILES string of the molecule is O=c1n(CO)c2ccccc2n1CO.